The Kier molecular flexibility index (Phi) is 5.62. The maximum absolute atomic E-state index is 5.47. The average molecular weight is 455 g/mol. The Labute approximate surface area is 196 Å². The molecule has 1 aromatic carbocycles. The molecule has 0 spiro atoms. The molecule has 0 saturated carbocycles. The predicted octanol–water partition coefficient (Wildman–Crippen LogP) is 3.85. The molecule has 9 heteroatoms. The topological polar surface area (TPSA) is 92.9 Å². The molecular formula is C24H22N8S. The smallest absolute Gasteiger partial charge is 0.156 e. The van der Waals surface area contributed by atoms with Crippen molar-refractivity contribution in [3.05, 3.63) is 78.9 Å². The Morgan fingerprint density at radius 3 is 2.91 bits per heavy atom. The van der Waals surface area contributed by atoms with Crippen molar-refractivity contribution in [1.29, 1.82) is 0 Å². The Balaban J connectivity index is 1.37. The molecule has 0 radical (unpaired) electrons. The van der Waals surface area contributed by atoms with Crippen LogP contribution in [0, 0.1) is 0 Å². The first kappa shape index (κ1) is 20.9. The summed E-state index contributed by atoms with van der Waals surface area (Å²) in [5, 5.41) is 7.55. The van der Waals surface area contributed by atoms with Crippen molar-refractivity contribution in [1.82, 2.24) is 34.6 Å². The van der Waals surface area contributed by atoms with Gasteiger partial charge in [-0.1, -0.05) is 37.3 Å². The van der Waals surface area contributed by atoms with Crippen molar-refractivity contribution in [2.24, 2.45) is 0 Å². The summed E-state index contributed by atoms with van der Waals surface area (Å²) >= 11 is 5.47. The minimum atomic E-state index is 0.196. The molecule has 0 aliphatic rings. The van der Waals surface area contributed by atoms with E-state index in [1.807, 2.05) is 36.0 Å². The van der Waals surface area contributed by atoms with Crippen molar-refractivity contribution in [2.75, 3.05) is 18.9 Å². The van der Waals surface area contributed by atoms with Gasteiger partial charge in [-0.25, -0.2) is 19.9 Å². The number of nitrogens with zero attached hydrogens (tertiary/aromatic N) is 6. The molecule has 5 rings (SSSR count). The molecule has 1 unspecified atom stereocenters. The number of aromatic nitrogens is 6. The van der Waals surface area contributed by atoms with Crippen LogP contribution in [-0.4, -0.2) is 47.9 Å². The summed E-state index contributed by atoms with van der Waals surface area (Å²) in [4.78, 5) is 22.7. The van der Waals surface area contributed by atoms with Crippen LogP contribution in [0.5, 0.6) is 0 Å². The maximum Gasteiger partial charge on any atom is 0.156 e. The number of pyridine rings is 1. The van der Waals surface area contributed by atoms with Crippen LogP contribution in [0.3, 0.4) is 0 Å². The first-order chi connectivity index (χ1) is 16.1. The third-order valence-corrected chi connectivity index (χ3v) is 6.04. The summed E-state index contributed by atoms with van der Waals surface area (Å²) in [7, 11) is 1.84. The van der Waals surface area contributed by atoms with E-state index in [0.717, 1.165) is 44.8 Å². The number of hydrogen-bond donors (Lipinski definition) is 2. The van der Waals surface area contributed by atoms with Gasteiger partial charge in [0, 0.05) is 60.7 Å². The van der Waals surface area contributed by atoms with Gasteiger partial charge >= 0.3 is 0 Å². The third-order valence-electron chi connectivity index (χ3n) is 5.62. The van der Waals surface area contributed by atoms with Crippen molar-refractivity contribution in [3.63, 3.8) is 0 Å². The van der Waals surface area contributed by atoms with Gasteiger partial charge in [-0.15, -0.1) is 0 Å². The maximum atomic E-state index is 5.47. The molecule has 4 aromatic heterocycles. The lowest BCUT2D eigenvalue weighted by atomic mass is 9.96. The number of nitrogens with one attached hydrogen (secondary N) is 2. The summed E-state index contributed by atoms with van der Waals surface area (Å²) in [6, 6.07) is 10.1. The van der Waals surface area contributed by atoms with Crippen LogP contribution in [0.15, 0.2) is 67.8 Å². The fraction of sp³-hybridized carbons (Fsp3) is 0.167. The molecule has 2 N–H and O–H groups in total. The number of thiocarbonyl (C=S) groups is 1. The van der Waals surface area contributed by atoms with Gasteiger partial charge in [-0.2, -0.15) is 0 Å². The zero-order chi connectivity index (χ0) is 22.8. The molecule has 5 aromatic rings. The highest BCUT2D eigenvalue weighted by atomic mass is 32.1. The number of rotatable bonds is 6. The Morgan fingerprint density at radius 2 is 2.03 bits per heavy atom. The normalized spacial score (nSPS) is 12.1. The second kappa shape index (κ2) is 8.87. The quantitative estimate of drug-likeness (QED) is 0.374. The van der Waals surface area contributed by atoms with Gasteiger partial charge < -0.3 is 10.6 Å². The molecule has 0 fully saturated rings. The first-order valence-electron chi connectivity index (χ1n) is 10.6. The first-order valence-corrected chi connectivity index (χ1v) is 11.0. The molecule has 0 aliphatic carbocycles. The highest BCUT2D eigenvalue weighted by molar-refractivity contribution is 7.80. The minimum absolute atomic E-state index is 0.196. The molecule has 8 nitrogen and oxygen atoms in total. The summed E-state index contributed by atoms with van der Waals surface area (Å²) in [6.07, 6.45) is 10.6. The molecule has 0 saturated heterocycles. The van der Waals surface area contributed by atoms with Gasteiger partial charge in [0.15, 0.2) is 5.65 Å². The fourth-order valence-electron chi connectivity index (χ4n) is 3.86. The Bertz CT molecular complexity index is 1460. The lowest BCUT2D eigenvalue weighted by molar-refractivity contribution is 0.805. The van der Waals surface area contributed by atoms with Gasteiger partial charge in [0.25, 0.3) is 0 Å². The second-order valence-corrected chi connectivity index (χ2v) is 8.16. The number of hydrogen-bond acceptors (Lipinski definition) is 7. The van der Waals surface area contributed by atoms with Crippen LogP contribution in [0.1, 0.15) is 24.0 Å². The van der Waals surface area contributed by atoms with Crippen molar-refractivity contribution in [3.8, 4) is 11.3 Å². The van der Waals surface area contributed by atoms with E-state index in [0.29, 0.717) is 11.5 Å². The average Bonchev–Trinajstić information content (AvgIpc) is 3.34. The minimum Gasteiger partial charge on any atom is -0.379 e. The number of anilines is 1. The Morgan fingerprint density at radius 1 is 1.12 bits per heavy atom. The van der Waals surface area contributed by atoms with Gasteiger partial charge in [-0.05, 0) is 11.6 Å². The van der Waals surface area contributed by atoms with Gasteiger partial charge in [-0.3, -0.25) is 9.38 Å². The monoisotopic (exact) mass is 454 g/mol. The van der Waals surface area contributed by atoms with Crippen LogP contribution in [-0.2, 0) is 0 Å². The third kappa shape index (κ3) is 4.10. The molecule has 33 heavy (non-hydrogen) atoms. The zero-order valence-electron chi connectivity index (χ0n) is 18.2. The summed E-state index contributed by atoms with van der Waals surface area (Å²) in [5.41, 5.74) is 5.59. The second-order valence-electron chi connectivity index (χ2n) is 7.75. The predicted molar refractivity (Wildman–Crippen MR) is 133 cm³/mol. The lowest BCUT2D eigenvalue weighted by Crippen LogP contribution is -2.17. The number of benzene rings is 1. The fourth-order valence-corrected chi connectivity index (χ4v) is 4.03. The Hall–Kier alpha value is -3.98. The number of para-hydroxylation sites is 1. The van der Waals surface area contributed by atoms with E-state index in [-0.39, 0.29) is 5.92 Å². The van der Waals surface area contributed by atoms with Gasteiger partial charge in [0.05, 0.1) is 17.4 Å². The van der Waals surface area contributed by atoms with E-state index >= 15 is 0 Å². The van der Waals surface area contributed by atoms with Crippen molar-refractivity contribution >= 4 is 39.6 Å². The van der Waals surface area contributed by atoms with Crippen molar-refractivity contribution < 1.29 is 0 Å². The summed E-state index contributed by atoms with van der Waals surface area (Å²) in [5.74, 6) is 0.949. The zero-order valence-corrected chi connectivity index (χ0v) is 19.0. The molecule has 164 valence electrons. The van der Waals surface area contributed by atoms with E-state index in [4.69, 9.17) is 12.2 Å². The molecule has 0 amide bonds. The standard InChI is InChI=1S/C24H22N8S/c1-15(17-4-3-5-18-19(24(33)25-2)6-7-27-23(17)18)9-28-21-8-20(30-13-31-21)16-10-29-22-11-26-14-32(22)12-16/h3-8,10-15H,9H2,1-2H3,(H,25,33)(H,28,30,31). The van der Waals surface area contributed by atoms with Crippen LogP contribution < -0.4 is 10.6 Å². The number of fused-ring (bicyclic) bond motifs is 2. The molecule has 0 aliphatic heterocycles. The van der Waals surface area contributed by atoms with Crippen LogP contribution in [0.25, 0.3) is 27.8 Å². The van der Waals surface area contributed by atoms with Gasteiger partial charge in [0.1, 0.15) is 23.5 Å². The highest BCUT2D eigenvalue weighted by Gasteiger charge is 2.14. The molecule has 0 bridgehead atoms. The van der Waals surface area contributed by atoms with Crippen LogP contribution in [0.4, 0.5) is 5.82 Å². The molecule has 1 atom stereocenters. The van der Waals surface area contributed by atoms with E-state index in [2.05, 4.69) is 60.7 Å². The number of imidazole rings is 1. The van der Waals surface area contributed by atoms with E-state index < -0.39 is 0 Å². The van der Waals surface area contributed by atoms with E-state index in [9.17, 15) is 0 Å². The van der Waals surface area contributed by atoms with E-state index in [1.165, 1.54) is 0 Å². The lowest BCUT2D eigenvalue weighted by Gasteiger charge is -2.17. The van der Waals surface area contributed by atoms with E-state index in [1.54, 1.807) is 25.0 Å². The summed E-state index contributed by atoms with van der Waals surface area (Å²) in [6.45, 7) is 2.86. The van der Waals surface area contributed by atoms with Crippen molar-refractivity contribution in [2.45, 2.75) is 12.8 Å². The molecule has 4 heterocycles. The van der Waals surface area contributed by atoms with Gasteiger partial charge in [0.2, 0.25) is 0 Å². The van der Waals surface area contributed by atoms with Crippen LogP contribution >= 0.6 is 12.2 Å². The highest BCUT2D eigenvalue weighted by Crippen LogP contribution is 2.27. The largest absolute Gasteiger partial charge is 0.379 e. The van der Waals surface area contributed by atoms with Crippen LogP contribution in [0.2, 0.25) is 0 Å². The SMILES string of the molecule is CNC(=S)c1ccnc2c(C(C)CNc3cc(-c4cnc5cncn5c4)ncn3)cccc12. The summed E-state index contributed by atoms with van der Waals surface area (Å²) < 4.78 is 1.87. The molecular weight excluding hydrogens is 432 g/mol.